The first kappa shape index (κ1) is 8.62. The molecule has 4 nitrogen and oxygen atoms in total. The number of Topliss-reactive ketones (excluding diaryl/α,β-unsaturated/α-hetero) is 1. The Bertz CT molecular complexity index is 391. The number of nitrogens with zero attached hydrogens (tertiary/aromatic N) is 1. The molecule has 0 saturated carbocycles. The van der Waals surface area contributed by atoms with E-state index in [-0.39, 0.29) is 18.0 Å². The second-order valence-electron chi connectivity index (χ2n) is 2.84. The first-order chi connectivity index (χ1) is 6.77. The van der Waals surface area contributed by atoms with Gasteiger partial charge in [0, 0.05) is 12.4 Å². The van der Waals surface area contributed by atoms with Crippen LogP contribution >= 0.6 is 0 Å². The van der Waals surface area contributed by atoms with E-state index in [4.69, 9.17) is 0 Å². The van der Waals surface area contributed by atoms with Crippen LogP contribution in [0, 0.1) is 0 Å². The van der Waals surface area contributed by atoms with Crippen LogP contribution in [0.15, 0.2) is 30.1 Å². The lowest BCUT2D eigenvalue weighted by Gasteiger charge is -1.91. The van der Waals surface area contributed by atoms with Gasteiger partial charge in [-0.2, -0.15) is 0 Å². The van der Waals surface area contributed by atoms with E-state index in [1.807, 2.05) is 0 Å². The summed E-state index contributed by atoms with van der Waals surface area (Å²) < 4.78 is 4.57. The third-order valence-electron chi connectivity index (χ3n) is 1.85. The fourth-order valence-electron chi connectivity index (χ4n) is 1.17. The van der Waals surface area contributed by atoms with Crippen molar-refractivity contribution in [3.8, 4) is 0 Å². The van der Waals surface area contributed by atoms with Crippen LogP contribution in [0.25, 0.3) is 6.08 Å². The molecule has 0 radical (unpaired) electrons. The maximum absolute atomic E-state index is 11.2. The highest BCUT2D eigenvalue weighted by Gasteiger charge is 2.27. The van der Waals surface area contributed by atoms with Crippen molar-refractivity contribution in [1.29, 1.82) is 0 Å². The number of hydrogen-bond donors (Lipinski definition) is 0. The lowest BCUT2D eigenvalue weighted by Crippen LogP contribution is -2.00. The fourth-order valence-corrected chi connectivity index (χ4v) is 1.17. The van der Waals surface area contributed by atoms with E-state index >= 15 is 0 Å². The second kappa shape index (κ2) is 3.41. The van der Waals surface area contributed by atoms with Crippen molar-refractivity contribution in [3.05, 3.63) is 35.7 Å². The van der Waals surface area contributed by atoms with Gasteiger partial charge in [0.05, 0.1) is 0 Å². The highest BCUT2D eigenvalue weighted by atomic mass is 16.5. The van der Waals surface area contributed by atoms with Gasteiger partial charge in [-0.15, -0.1) is 0 Å². The molecule has 1 aliphatic heterocycles. The smallest absolute Gasteiger partial charge is 0.342 e. The molecular formula is C10H7NO3. The van der Waals surface area contributed by atoms with Crippen molar-refractivity contribution < 1.29 is 14.3 Å². The highest BCUT2D eigenvalue weighted by Crippen LogP contribution is 2.13. The number of ketones is 1. The Hall–Kier alpha value is -1.97. The van der Waals surface area contributed by atoms with E-state index in [2.05, 4.69) is 9.72 Å². The van der Waals surface area contributed by atoms with Crippen molar-refractivity contribution >= 4 is 17.8 Å². The molecule has 0 bridgehead atoms. The summed E-state index contributed by atoms with van der Waals surface area (Å²) in [5.74, 6) is -0.835. The SMILES string of the molecule is O=C1COC(=O)C1=Cc1cccnc1. The minimum atomic E-state index is -0.557. The average Bonchev–Trinajstić information content (AvgIpc) is 2.51. The zero-order valence-electron chi connectivity index (χ0n) is 7.27. The number of cyclic esters (lactones) is 1. The molecule has 1 aliphatic rings. The van der Waals surface area contributed by atoms with Crippen LogP contribution in [0.3, 0.4) is 0 Å². The number of ether oxygens (including phenoxy) is 1. The number of carbonyl (C=O) groups excluding carboxylic acids is 2. The molecule has 1 aromatic heterocycles. The van der Waals surface area contributed by atoms with Crippen LogP contribution in [0.1, 0.15) is 5.56 Å². The molecule has 0 atom stereocenters. The van der Waals surface area contributed by atoms with Crippen LogP contribution in [0.2, 0.25) is 0 Å². The van der Waals surface area contributed by atoms with E-state index in [1.165, 1.54) is 6.08 Å². The number of hydrogen-bond acceptors (Lipinski definition) is 4. The molecule has 0 aliphatic carbocycles. The Morgan fingerprint density at radius 3 is 2.86 bits per heavy atom. The Balaban J connectivity index is 2.35. The summed E-state index contributed by atoms with van der Waals surface area (Å²) in [5.41, 5.74) is 0.813. The predicted molar refractivity (Wildman–Crippen MR) is 48.2 cm³/mol. The van der Waals surface area contributed by atoms with Crippen molar-refractivity contribution in [2.75, 3.05) is 6.61 Å². The van der Waals surface area contributed by atoms with E-state index in [0.717, 1.165) is 5.56 Å². The Morgan fingerprint density at radius 1 is 1.43 bits per heavy atom. The van der Waals surface area contributed by atoms with Gasteiger partial charge in [0.15, 0.2) is 6.61 Å². The maximum atomic E-state index is 11.2. The molecule has 70 valence electrons. The molecule has 1 saturated heterocycles. The molecule has 14 heavy (non-hydrogen) atoms. The minimum absolute atomic E-state index is 0.0954. The van der Waals surface area contributed by atoms with Gasteiger partial charge in [0.25, 0.3) is 0 Å². The van der Waals surface area contributed by atoms with Crippen LogP contribution in [0.4, 0.5) is 0 Å². The van der Waals surface area contributed by atoms with E-state index < -0.39 is 5.97 Å². The van der Waals surface area contributed by atoms with Crippen LogP contribution < -0.4 is 0 Å². The summed E-state index contributed by atoms with van der Waals surface area (Å²) in [4.78, 5) is 26.1. The molecule has 1 fully saturated rings. The van der Waals surface area contributed by atoms with Crippen LogP contribution in [-0.4, -0.2) is 23.3 Å². The first-order valence-electron chi connectivity index (χ1n) is 4.09. The summed E-state index contributed by atoms with van der Waals surface area (Å²) in [6, 6.07) is 3.50. The van der Waals surface area contributed by atoms with Crippen molar-refractivity contribution in [2.24, 2.45) is 0 Å². The fraction of sp³-hybridized carbons (Fsp3) is 0.100. The minimum Gasteiger partial charge on any atom is -0.454 e. The molecule has 0 amide bonds. The van der Waals surface area contributed by atoms with Crippen LogP contribution in [0.5, 0.6) is 0 Å². The highest BCUT2D eigenvalue weighted by molar-refractivity contribution is 6.24. The molecule has 4 heteroatoms. The van der Waals surface area contributed by atoms with E-state index in [1.54, 1.807) is 24.5 Å². The zero-order chi connectivity index (χ0) is 9.97. The summed E-state index contributed by atoms with van der Waals surface area (Å²) in [6.07, 6.45) is 4.69. The van der Waals surface area contributed by atoms with E-state index in [0.29, 0.717) is 0 Å². The Morgan fingerprint density at radius 2 is 2.29 bits per heavy atom. The van der Waals surface area contributed by atoms with Gasteiger partial charge < -0.3 is 4.74 Å². The third kappa shape index (κ3) is 1.54. The number of esters is 1. The monoisotopic (exact) mass is 189 g/mol. The van der Waals surface area contributed by atoms with Gasteiger partial charge >= 0.3 is 5.97 Å². The number of carbonyl (C=O) groups is 2. The lowest BCUT2D eigenvalue weighted by atomic mass is 10.1. The van der Waals surface area contributed by atoms with Crippen LogP contribution in [-0.2, 0) is 14.3 Å². The lowest BCUT2D eigenvalue weighted by molar-refractivity contribution is -0.135. The second-order valence-corrected chi connectivity index (χ2v) is 2.84. The van der Waals surface area contributed by atoms with Gasteiger partial charge in [0.1, 0.15) is 5.57 Å². The molecule has 0 aromatic carbocycles. The number of rotatable bonds is 1. The maximum Gasteiger partial charge on any atom is 0.342 e. The number of aromatic nitrogens is 1. The average molecular weight is 189 g/mol. The Labute approximate surface area is 80.2 Å². The predicted octanol–water partition coefficient (Wildman–Crippen LogP) is 0.591. The summed E-state index contributed by atoms with van der Waals surface area (Å²) in [6.45, 7) is -0.148. The molecular weight excluding hydrogens is 182 g/mol. The normalized spacial score (nSPS) is 18.7. The topological polar surface area (TPSA) is 56.3 Å². The molecule has 0 N–H and O–H groups in total. The summed E-state index contributed by atoms with van der Waals surface area (Å²) in [5, 5.41) is 0. The standard InChI is InChI=1S/C10H7NO3/c12-9-6-14-10(13)8(9)4-7-2-1-3-11-5-7/h1-5H,6H2. The van der Waals surface area contributed by atoms with Gasteiger partial charge in [0.2, 0.25) is 5.78 Å². The van der Waals surface area contributed by atoms with Gasteiger partial charge in [-0.25, -0.2) is 4.79 Å². The van der Waals surface area contributed by atoms with Crippen molar-refractivity contribution in [2.45, 2.75) is 0 Å². The molecule has 2 rings (SSSR count). The van der Waals surface area contributed by atoms with Crippen molar-refractivity contribution in [1.82, 2.24) is 4.98 Å². The molecule has 2 heterocycles. The molecule has 1 aromatic rings. The third-order valence-corrected chi connectivity index (χ3v) is 1.85. The summed E-state index contributed by atoms with van der Waals surface area (Å²) in [7, 11) is 0. The first-order valence-corrected chi connectivity index (χ1v) is 4.09. The Kier molecular flexibility index (Phi) is 2.10. The van der Waals surface area contributed by atoms with Crippen molar-refractivity contribution in [3.63, 3.8) is 0 Å². The van der Waals surface area contributed by atoms with Gasteiger partial charge in [-0.1, -0.05) is 6.07 Å². The molecule has 0 unspecified atom stereocenters. The largest absolute Gasteiger partial charge is 0.454 e. The van der Waals surface area contributed by atoms with E-state index in [9.17, 15) is 9.59 Å². The van der Waals surface area contributed by atoms with Gasteiger partial charge in [-0.3, -0.25) is 9.78 Å². The zero-order valence-corrected chi connectivity index (χ0v) is 7.27. The summed E-state index contributed by atoms with van der Waals surface area (Å²) >= 11 is 0. The number of pyridine rings is 1. The molecule has 0 spiro atoms. The quantitative estimate of drug-likeness (QED) is 0.368. The van der Waals surface area contributed by atoms with Gasteiger partial charge in [-0.05, 0) is 17.7 Å².